The number of carbonyl (C=O) groups is 2. The van der Waals surface area contributed by atoms with Crippen molar-refractivity contribution in [1.29, 1.82) is 0 Å². The monoisotopic (exact) mass is 378 g/mol. The van der Waals surface area contributed by atoms with Gasteiger partial charge in [-0.3, -0.25) is 9.59 Å². The van der Waals surface area contributed by atoms with Crippen LogP contribution in [0.25, 0.3) is 0 Å². The molecule has 0 atom stereocenters. The van der Waals surface area contributed by atoms with Gasteiger partial charge < -0.3 is 14.6 Å². The zero-order chi connectivity index (χ0) is 16.8. The average molecular weight is 379 g/mol. The van der Waals surface area contributed by atoms with Crippen LogP contribution in [0.2, 0.25) is 0 Å². The molecule has 5 nitrogen and oxygen atoms in total. The van der Waals surface area contributed by atoms with E-state index < -0.39 is 0 Å². The van der Waals surface area contributed by atoms with E-state index in [4.69, 9.17) is 4.42 Å². The second kappa shape index (κ2) is 7.97. The molecule has 122 valence electrons. The number of aryl methyl sites for hydroxylation is 1. The zero-order valence-corrected chi connectivity index (χ0v) is 14.7. The average Bonchev–Trinajstić information content (AvgIpc) is 2.99. The van der Waals surface area contributed by atoms with E-state index in [0.717, 1.165) is 15.7 Å². The Balaban J connectivity index is 1.89. The Morgan fingerprint density at radius 2 is 2.09 bits per heavy atom. The van der Waals surface area contributed by atoms with Crippen molar-refractivity contribution in [2.24, 2.45) is 0 Å². The number of hydrogen-bond donors (Lipinski definition) is 1. The highest BCUT2D eigenvalue weighted by Gasteiger charge is 2.13. The third-order valence-electron chi connectivity index (χ3n) is 3.38. The number of rotatable bonds is 6. The van der Waals surface area contributed by atoms with E-state index in [1.807, 2.05) is 25.1 Å². The zero-order valence-electron chi connectivity index (χ0n) is 13.1. The Bertz CT molecular complexity index is 683. The van der Waals surface area contributed by atoms with Gasteiger partial charge in [0, 0.05) is 24.4 Å². The van der Waals surface area contributed by atoms with Crippen LogP contribution in [0.3, 0.4) is 0 Å². The van der Waals surface area contributed by atoms with Crippen LogP contribution in [0.1, 0.15) is 24.7 Å². The minimum absolute atomic E-state index is 0.0919. The van der Waals surface area contributed by atoms with Crippen LogP contribution >= 0.6 is 15.9 Å². The molecule has 2 rings (SSSR count). The molecule has 2 amide bonds. The van der Waals surface area contributed by atoms with E-state index >= 15 is 0 Å². The number of furan rings is 1. The fourth-order valence-corrected chi connectivity index (χ4v) is 2.70. The van der Waals surface area contributed by atoms with Crippen LogP contribution in [0, 0.1) is 6.92 Å². The van der Waals surface area contributed by atoms with Gasteiger partial charge in [-0.1, -0.05) is 6.07 Å². The number of hydrogen-bond acceptors (Lipinski definition) is 3. The quantitative estimate of drug-likeness (QED) is 0.832. The molecule has 1 N–H and O–H groups in total. The molecule has 23 heavy (non-hydrogen) atoms. The van der Waals surface area contributed by atoms with Crippen molar-refractivity contribution in [3.63, 3.8) is 0 Å². The molecule has 0 spiro atoms. The molecule has 2 aromatic rings. The van der Waals surface area contributed by atoms with Gasteiger partial charge in [0.1, 0.15) is 5.76 Å². The summed E-state index contributed by atoms with van der Waals surface area (Å²) in [7, 11) is 0. The van der Waals surface area contributed by atoms with Gasteiger partial charge in [-0.15, -0.1) is 0 Å². The fraction of sp³-hybridized carbons (Fsp3) is 0.294. The van der Waals surface area contributed by atoms with Gasteiger partial charge >= 0.3 is 0 Å². The van der Waals surface area contributed by atoms with E-state index in [9.17, 15) is 9.59 Å². The second-order valence-corrected chi connectivity index (χ2v) is 6.16. The summed E-state index contributed by atoms with van der Waals surface area (Å²) in [5, 5.41) is 2.84. The highest BCUT2D eigenvalue weighted by molar-refractivity contribution is 9.10. The molecule has 1 aromatic carbocycles. The number of anilines is 1. The van der Waals surface area contributed by atoms with Gasteiger partial charge in [-0.05, 0) is 52.7 Å². The van der Waals surface area contributed by atoms with E-state index in [2.05, 4.69) is 21.2 Å². The Hall–Kier alpha value is -2.08. The molecule has 1 aromatic heterocycles. The number of halogens is 1. The SMILES string of the molecule is CC(=O)N(CCC(=O)Nc1ccc(C)cc1Br)Cc1ccco1. The summed E-state index contributed by atoms with van der Waals surface area (Å²) < 4.78 is 6.08. The van der Waals surface area contributed by atoms with Crippen molar-refractivity contribution >= 4 is 33.4 Å². The minimum atomic E-state index is -0.139. The molecular weight excluding hydrogens is 360 g/mol. The Morgan fingerprint density at radius 1 is 1.30 bits per heavy atom. The molecule has 6 heteroatoms. The first-order valence-electron chi connectivity index (χ1n) is 7.29. The Kier molecular flexibility index (Phi) is 5.98. The Labute approximate surface area is 143 Å². The third kappa shape index (κ3) is 5.25. The van der Waals surface area contributed by atoms with E-state index in [-0.39, 0.29) is 18.2 Å². The first-order chi connectivity index (χ1) is 11.0. The lowest BCUT2D eigenvalue weighted by Crippen LogP contribution is -2.31. The molecular formula is C17H19BrN2O3. The Morgan fingerprint density at radius 3 is 2.70 bits per heavy atom. The predicted molar refractivity (Wildman–Crippen MR) is 91.9 cm³/mol. The second-order valence-electron chi connectivity index (χ2n) is 5.30. The maximum atomic E-state index is 12.1. The van der Waals surface area contributed by atoms with Crippen molar-refractivity contribution in [2.75, 3.05) is 11.9 Å². The van der Waals surface area contributed by atoms with Gasteiger partial charge in [-0.25, -0.2) is 0 Å². The predicted octanol–water partition coefficient (Wildman–Crippen LogP) is 3.73. The van der Waals surface area contributed by atoms with Gasteiger partial charge in [0.2, 0.25) is 11.8 Å². The standard InChI is InChI=1S/C17H19BrN2O3/c1-12-5-6-16(15(18)10-12)19-17(22)7-8-20(13(2)21)11-14-4-3-9-23-14/h3-6,9-10H,7-8,11H2,1-2H3,(H,19,22). The molecule has 0 fully saturated rings. The first-order valence-corrected chi connectivity index (χ1v) is 8.09. The molecule has 0 aliphatic rings. The summed E-state index contributed by atoms with van der Waals surface area (Å²) in [6, 6.07) is 9.30. The van der Waals surface area contributed by atoms with Crippen molar-refractivity contribution in [2.45, 2.75) is 26.8 Å². The molecule has 0 bridgehead atoms. The highest BCUT2D eigenvalue weighted by Crippen LogP contribution is 2.23. The summed E-state index contributed by atoms with van der Waals surface area (Å²) in [6.45, 7) is 4.17. The van der Waals surface area contributed by atoms with Crippen LogP contribution in [-0.4, -0.2) is 23.3 Å². The van der Waals surface area contributed by atoms with Crippen LogP contribution in [-0.2, 0) is 16.1 Å². The van der Waals surface area contributed by atoms with Crippen LogP contribution in [0.4, 0.5) is 5.69 Å². The molecule has 1 heterocycles. The van der Waals surface area contributed by atoms with Crippen LogP contribution in [0.15, 0.2) is 45.5 Å². The third-order valence-corrected chi connectivity index (χ3v) is 4.04. The number of nitrogens with one attached hydrogen (secondary N) is 1. The number of carbonyl (C=O) groups excluding carboxylic acids is 2. The highest BCUT2D eigenvalue weighted by atomic mass is 79.9. The van der Waals surface area contributed by atoms with Crippen molar-refractivity contribution in [3.05, 3.63) is 52.4 Å². The van der Waals surface area contributed by atoms with Crippen LogP contribution in [0.5, 0.6) is 0 Å². The molecule has 0 radical (unpaired) electrons. The number of nitrogens with zero attached hydrogens (tertiary/aromatic N) is 1. The minimum Gasteiger partial charge on any atom is -0.467 e. The lowest BCUT2D eigenvalue weighted by atomic mass is 10.2. The van der Waals surface area contributed by atoms with Gasteiger partial charge in [0.25, 0.3) is 0 Å². The van der Waals surface area contributed by atoms with E-state index in [0.29, 0.717) is 18.8 Å². The number of amides is 2. The summed E-state index contributed by atoms with van der Waals surface area (Å²) in [5.74, 6) is 0.466. The largest absolute Gasteiger partial charge is 0.467 e. The van der Waals surface area contributed by atoms with Gasteiger partial charge in [-0.2, -0.15) is 0 Å². The van der Waals surface area contributed by atoms with Crippen molar-refractivity contribution in [3.8, 4) is 0 Å². The van der Waals surface area contributed by atoms with Gasteiger partial charge in [0.05, 0.1) is 18.5 Å². The molecule has 0 saturated carbocycles. The molecule has 0 aliphatic heterocycles. The lowest BCUT2D eigenvalue weighted by Gasteiger charge is -2.19. The summed E-state index contributed by atoms with van der Waals surface area (Å²) >= 11 is 3.43. The van der Waals surface area contributed by atoms with Crippen molar-refractivity contribution < 1.29 is 14.0 Å². The van der Waals surface area contributed by atoms with E-state index in [1.165, 1.54) is 6.92 Å². The summed E-state index contributed by atoms with van der Waals surface area (Å²) in [4.78, 5) is 25.3. The van der Waals surface area contributed by atoms with Crippen molar-refractivity contribution in [1.82, 2.24) is 4.90 Å². The summed E-state index contributed by atoms with van der Waals surface area (Å²) in [5.41, 5.74) is 1.83. The first kappa shape index (κ1) is 17.3. The maximum absolute atomic E-state index is 12.1. The smallest absolute Gasteiger partial charge is 0.226 e. The topological polar surface area (TPSA) is 62.6 Å². The number of benzene rings is 1. The van der Waals surface area contributed by atoms with Crippen LogP contribution < -0.4 is 5.32 Å². The molecule has 0 aliphatic carbocycles. The van der Waals surface area contributed by atoms with E-state index in [1.54, 1.807) is 23.3 Å². The molecule has 0 saturated heterocycles. The fourth-order valence-electron chi connectivity index (χ4n) is 2.11. The lowest BCUT2D eigenvalue weighted by molar-refractivity contribution is -0.130. The normalized spacial score (nSPS) is 10.4. The summed E-state index contributed by atoms with van der Waals surface area (Å²) in [6.07, 6.45) is 1.79. The maximum Gasteiger partial charge on any atom is 0.226 e. The van der Waals surface area contributed by atoms with Gasteiger partial charge in [0.15, 0.2) is 0 Å². The molecule has 0 unspecified atom stereocenters.